The topological polar surface area (TPSA) is 93.2 Å². The molecule has 0 aliphatic carbocycles. The molecule has 4 rings (SSSR count). The van der Waals surface area contributed by atoms with E-state index >= 15 is 0 Å². The van der Waals surface area contributed by atoms with Crippen LogP contribution in [0, 0.1) is 0 Å². The van der Waals surface area contributed by atoms with Crippen LogP contribution in [0.3, 0.4) is 0 Å². The molecule has 2 aliphatic heterocycles. The maximum absolute atomic E-state index is 12.1. The van der Waals surface area contributed by atoms with Crippen LogP contribution in [0.5, 0.6) is 0 Å². The highest BCUT2D eigenvalue weighted by Crippen LogP contribution is 2.28. The number of allylic oxidation sites excluding steroid dienone is 2. The summed E-state index contributed by atoms with van der Waals surface area (Å²) in [5.74, 6) is 0.105. The number of amides is 2. The lowest BCUT2D eigenvalue weighted by atomic mass is 9.82. The van der Waals surface area contributed by atoms with Crippen molar-refractivity contribution in [3.8, 4) is 0 Å². The van der Waals surface area contributed by atoms with Gasteiger partial charge >= 0.3 is 11.9 Å². The number of nitrogens with zero attached hydrogens (tertiary/aromatic N) is 2. The van der Waals surface area contributed by atoms with Gasteiger partial charge in [0.2, 0.25) is 11.8 Å². The SMILES string of the molecule is C=C(C)C.C=C(C)C.CC(C)(CC(=O)OCCCN1CCCC1=O)c1ccccc1.CC(C)(CC(=O)OCCCN1CCCCCC1=O)c1ccccc1. The molecule has 0 unspecified atom stereocenters. The number of esters is 2. The molecule has 300 valence electrons. The lowest BCUT2D eigenvalue weighted by molar-refractivity contribution is -0.146. The second-order valence-corrected chi connectivity index (χ2v) is 16.1. The summed E-state index contributed by atoms with van der Waals surface area (Å²) >= 11 is 0. The summed E-state index contributed by atoms with van der Waals surface area (Å²) in [4.78, 5) is 51.2. The van der Waals surface area contributed by atoms with E-state index in [-0.39, 0.29) is 34.6 Å². The number of ether oxygens (including phenoxy) is 2. The van der Waals surface area contributed by atoms with E-state index in [0.29, 0.717) is 64.8 Å². The van der Waals surface area contributed by atoms with E-state index in [0.717, 1.165) is 49.9 Å². The van der Waals surface area contributed by atoms with Gasteiger partial charge in [-0.3, -0.25) is 19.2 Å². The first-order valence-electron chi connectivity index (χ1n) is 19.7. The number of carbonyl (C=O) groups is 4. The van der Waals surface area contributed by atoms with Gasteiger partial charge in [0.1, 0.15) is 0 Å². The van der Waals surface area contributed by atoms with Crippen LogP contribution in [0.15, 0.2) is 85.0 Å². The Morgan fingerprint density at radius 3 is 1.30 bits per heavy atom. The lowest BCUT2D eigenvalue weighted by Crippen LogP contribution is -2.32. The minimum absolute atomic E-state index is 0.175. The molecule has 8 heteroatoms. The first-order chi connectivity index (χ1) is 25.4. The molecule has 2 aromatic carbocycles. The molecule has 0 bridgehead atoms. The highest BCUT2D eigenvalue weighted by Gasteiger charge is 2.26. The fraction of sp³-hybridized carbons (Fsp3) is 0.565. The minimum Gasteiger partial charge on any atom is -0.466 e. The van der Waals surface area contributed by atoms with Gasteiger partial charge in [0.25, 0.3) is 0 Å². The summed E-state index contributed by atoms with van der Waals surface area (Å²) in [7, 11) is 0. The Hall–Kier alpha value is -4.20. The fourth-order valence-corrected chi connectivity index (χ4v) is 5.90. The molecule has 2 fully saturated rings. The van der Waals surface area contributed by atoms with E-state index in [1.54, 1.807) is 0 Å². The van der Waals surface area contributed by atoms with Crippen molar-refractivity contribution in [3.63, 3.8) is 0 Å². The second-order valence-electron chi connectivity index (χ2n) is 16.1. The van der Waals surface area contributed by atoms with Gasteiger partial charge in [-0.2, -0.15) is 0 Å². The van der Waals surface area contributed by atoms with Crippen LogP contribution >= 0.6 is 0 Å². The quantitative estimate of drug-likeness (QED) is 0.109. The molecule has 2 saturated heterocycles. The average molecular weight is 747 g/mol. The largest absolute Gasteiger partial charge is 0.466 e. The van der Waals surface area contributed by atoms with Crippen molar-refractivity contribution in [1.82, 2.24) is 9.80 Å². The van der Waals surface area contributed by atoms with Crippen LogP contribution in [0.1, 0.15) is 131 Å². The van der Waals surface area contributed by atoms with Gasteiger partial charge in [0, 0.05) is 49.9 Å². The zero-order valence-electron chi connectivity index (χ0n) is 34.8. The third kappa shape index (κ3) is 21.5. The van der Waals surface area contributed by atoms with E-state index in [9.17, 15) is 19.2 Å². The molecule has 8 nitrogen and oxygen atoms in total. The maximum Gasteiger partial charge on any atom is 0.306 e. The Balaban J connectivity index is 0.000000451. The molecular formula is C46H70N2O6. The molecule has 2 heterocycles. The van der Waals surface area contributed by atoms with Crippen molar-refractivity contribution < 1.29 is 28.7 Å². The maximum atomic E-state index is 12.1. The standard InChI is InChI=1S/C20H29NO3.C18H25NO3.2C4H8/c1-20(2,17-10-5-3-6-11-17)16-19(23)24-15-9-14-21-13-8-4-7-12-18(21)22;1-18(2,15-8-4-3-5-9-15)14-17(21)22-13-7-12-19-11-6-10-16(19)20;2*1-4(2)3/h3,5-6,10-11H,4,7-9,12-16H2,1-2H3;3-5,8-9H,6-7,10-14H2,1-2H3;2*1H2,2-3H3. The zero-order chi connectivity index (χ0) is 40.6. The van der Waals surface area contributed by atoms with E-state index in [2.05, 4.69) is 27.0 Å². The van der Waals surface area contributed by atoms with Crippen LogP contribution in [0.25, 0.3) is 0 Å². The molecule has 0 atom stereocenters. The second kappa shape index (κ2) is 25.8. The summed E-state index contributed by atoms with van der Waals surface area (Å²) < 4.78 is 10.7. The predicted octanol–water partition coefficient (Wildman–Crippen LogP) is 9.77. The van der Waals surface area contributed by atoms with Crippen LogP contribution in [-0.4, -0.2) is 72.9 Å². The summed E-state index contributed by atoms with van der Waals surface area (Å²) in [6.07, 6.45) is 7.62. The molecule has 0 saturated carbocycles. The molecule has 2 amide bonds. The van der Waals surface area contributed by atoms with E-state index in [4.69, 9.17) is 9.47 Å². The van der Waals surface area contributed by atoms with E-state index in [1.807, 2.05) is 112 Å². The van der Waals surface area contributed by atoms with Crippen molar-refractivity contribution in [3.05, 3.63) is 96.1 Å². The highest BCUT2D eigenvalue weighted by molar-refractivity contribution is 5.78. The number of carbonyl (C=O) groups excluding carboxylic acids is 4. The van der Waals surface area contributed by atoms with Gasteiger partial charge in [-0.25, -0.2) is 0 Å². The summed E-state index contributed by atoms with van der Waals surface area (Å²) in [5.41, 5.74) is 4.13. The van der Waals surface area contributed by atoms with Crippen LogP contribution in [0.4, 0.5) is 0 Å². The van der Waals surface area contributed by atoms with Gasteiger partial charge < -0.3 is 19.3 Å². The molecule has 2 aliphatic rings. The first-order valence-corrected chi connectivity index (χ1v) is 19.7. The van der Waals surface area contributed by atoms with Crippen molar-refractivity contribution in [2.45, 2.75) is 130 Å². The minimum atomic E-state index is -0.237. The lowest BCUT2D eigenvalue weighted by Gasteiger charge is -2.24. The normalized spacial score (nSPS) is 14.2. The third-order valence-electron chi connectivity index (χ3n) is 8.80. The van der Waals surface area contributed by atoms with Crippen LogP contribution in [0.2, 0.25) is 0 Å². The molecule has 0 N–H and O–H groups in total. The Morgan fingerprint density at radius 2 is 0.944 bits per heavy atom. The average Bonchev–Trinajstić information content (AvgIpc) is 3.40. The van der Waals surface area contributed by atoms with Crippen molar-refractivity contribution in [2.24, 2.45) is 0 Å². The van der Waals surface area contributed by atoms with Gasteiger partial charge in [0.05, 0.1) is 26.1 Å². The Bertz CT molecular complexity index is 1410. The smallest absolute Gasteiger partial charge is 0.306 e. The molecule has 0 aromatic heterocycles. The third-order valence-corrected chi connectivity index (χ3v) is 8.80. The molecule has 2 aromatic rings. The number of hydrogen-bond acceptors (Lipinski definition) is 6. The number of likely N-dealkylation sites (tertiary alicyclic amines) is 2. The van der Waals surface area contributed by atoms with E-state index in [1.165, 1.54) is 11.1 Å². The van der Waals surface area contributed by atoms with Crippen molar-refractivity contribution in [1.29, 1.82) is 0 Å². The number of rotatable bonds is 14. The monoisotopic (exact) mass is 747 g/mol. The highest BCUT2D eigenvalue weighted by atomic mass is 16.5. The Kier molecular flexibility index (Phi) is 22.8. The van der Waals surface area contributed by atoms with Gasteiger partial charge in [0.15, 0.2) is 0 Å². The Morgan fingerprint density at radius 1 is 0.593 bits per heavy atom. The van der Waals surface area contributed by atoms with Gasteiger partial charge in [-0.1, -0.05) is 106 Å². The van der Waals surface area contributed by atoms with Crippen molar-refractivity contribution >= 4 is 23.8 Å². The zero-order valence-corrected chi connectivity index (χ0v) is 34.8. The summed E-state index contributed by atoms with van der Waals surface area (Å²) in [5, 5.41) is 0. The number of benzene rings is 2. The first kappa shape index (κ1) is 47.8. The molecular weight excluding hydrogens is 677 g/mol. The fourth-order valence-electron chi connectivity index (χ4n) is 5.90. The molecule has 0 spiro atoms. The van der Waals surface area contributed by atoms with Crippen LogP contribution < -0.4 is 0 Å². The Labute approximate surface area is 327 Å². The van der Waals surface area contributed by atoms with Gasteiger partial charge in [-0.15, -0.1) is 13.2 Å². The summed E-state index contributed by atoms with van der Waals surface area (Å²) in [6, 6.07) is 20.0. The summed E-state index contributed by atoms with van der Waals surface area (Å²) in [6.45, 7) is 27.0. The van der Waals surface area contributed by atoms with Gasteiger partial charge in [-0.05, 0) is 70.9 Å². The van der Waals surface area contributed by atoms with Crippen molar-refractivity contribution in [2.75, 3.05) is 39.4 Å². The molecule has 0 radical (unpaired) electrons. The number of hydrogen-bond donors (Lipinski definition) is 0. The van der Waals surface area contributed by atoms with Crippen LogP contribution in [-0.2, 0) is 39.5 Å². The molecule has 54 heavy (non-hydrogen) atoms. The van der Waals surface area contributed by atoms with E-state index < -0.39 is 0 Å². The predicted molar refractivity (Wildman–Crippen MR) is 221 cm³/mol.